The van der Waals surface area contributed by atoms with E-state index in [-0.39, 0.29) is 5.78 Å². The van der Waals surface area contributed by atoms with Gasteiger partial charge in [0.15, 0.2) is 5.78 Å². The Morgan fingerprint density at radius 2 is 2.00 bits per heavy atom. The fraction of sp³-hybridized carbons (Fsp3) is 0.154. The Kier molecular flexibility index (Phi) is 2.34. The predicted octanol–water partition coefficient (Wildman–Crippen LogP) is 3.73. The summed E-state index contributed by atoms with van der Waals surface area (Å²) in [5, 5.41) is 2.69. The number of carbonyl (C=O) groups excluding carboxylic acids is 1. The van der Waals surface area contributed by atoms with Crippen molar-refractivity contribution in [1.29, 1.82) is 0 Å². The van der Waals surface area contributed by atoms with Crippen LogP contribution in [0.15, 0.2) is 29.6 Å². The molecule has 0 radical (unpaired) electrons. The normalized spacial score (nSPS) is 14.2. The number of benzene rings is 1. The summed E-state index contributed by atoms with van der Waals surface area (Å²) in [6.07, 6.45) is 1.83. The lowest BCUT2D eigenvalue weighted by atomic mass is 10.0. The minimum absolute atomic E-state index is 0.139. The van der Waals surface area contributed by atoms with Gasteiger partial charge in [-0.2, -0.15) is 0 Å². The first-order valence-corrected chi connectivity index (χ1v) is 6.41. The minimum Gasteiger partial charge on any atom is -0.289 e. The number of halogens is 1. The Morgan fingerprint density at radius 1 is 1.12 bits per heavy atom. The maximum absolute atomic E-state index is 12.3. The third kappa shape index (κ3) is 1.49. The second kappa shape index (κ2) is 3.72. The van der Waals surface area contributed by atoms with Gasteiger partial charge in [-0.3, -0.25) is 4.79 Å². The molecular formula is C13H9ClOS. The zero-order chi connectivity index (χ0) is 11.1. The summed E-state index contributed by atoms with van der Waals surface area (Å²) in [6, 6.07) is 7.46. The van der Waals surface area contributed by atoms with Gasteiger partial charge in [-0.25, -0.2) is 0 Å². The van der Waals surface area contributed by atoms with Crippen LogP contribution in [0.2, 0.25) is 5.02 Å². The fourth-order valence-corrected chi connectivity index (χ4v) is 3.19. The number of rotatable bonds is 0. The van der Waals surface area contributed by atoms with E-state index in [0.717, 1.165) is 29.5 Å². The first-order chi connectivity index (χ1) is 7.75. The van der Waals surface area contributed by atoms with Gasteiger partial charge in [0.25, 0.3) is 0 Å². The lowest BCUT2D eigenvalue weighted by Gasteiger charge is -2.04. The molecule has 1 aliphatic carbocycles. The van der Waals surface area contributed by atoms with Gasteiger partial charge in [0, 0.05) is 21.0 Å². The highest BCUT2D eigenvalue weighted by atomic mass is 35.5. The molecule has 0 aliphatic heterocycles. The molecular weight excluding hydrogens is 240 g/mol. The molecule has 1 aliphatic rings. The molecule has 0 amide bonds. The van der Waals surface area contributed by atoms with Crippen LogP contribution < -0.4 is 0 Å². The van der Waals surface area contributed by atoms with Crippen LogP contribution in [0.4, 0.5) is 0 Å². The highest BCUT2D eigenvalue weighted by Crippen LogP contribution is 2.29. The first kappa shape index (κ1) is 10.1. The van der Waals surface area contributed by atoms with Crippen LogP contribution >= 0.6 is 22.9 Å². The molecule has 1 aromatic carbocycles. The molecule has 0 saturated heterocycles. The topological polar surface area (TPSA) is 17.1 Å². The van der Waals surface area contributed by atoms with E-state index in [1.807, 2.05) is 23.6 Å². The largest absolute Gasteiger partial charge is 0.289 e. The van der Waals surface area contributed by atoms with Crippen molar-refractivity contribution in [3.63, 3.8) is 0 Å². The average molecular weight is 249 g/mol. The van der Waals surface area contributed by atoms with Crippen molar-refractivity contribution in [2.45, 2.75) is 12.8 Å². The maximum Gasteiger partial charge on any atom is 0.194 e. The summed E-state index contributed by atoms with van der Waals surface area (Å²) >= 11 is 7.62. The lowest BCUT2D eigenvalue weighted by molar-refractivity contribution is 0.103. The van der Waals surface area contributed by atoms with Gasteiger partial charge >= 0.3 is 0 Å². The summed E-state index contributed by atoms with van der Waals surface area (Å²) in [6.45, 7) is 0. The van der Waals surface area contributed by atoms with E-state index < -0.39 is 0 Å². The highest BCUT2D eigenvalue weighted by Gasteiger charge is 2.21. The number of aryl methyl sites for hydroxylation is 2. The van der Waals surface area contributed by atoms with Crippen molar-refractivity contribution >= 4 is 28.7 Å². The highest BCUT2D eigenvalue weighted by molar-refractivity contribution is 7.10. The maximum atomic E-state index is 12.3. The van der Waals surface area contributed by atoms with Gasteiger partial charge < -0.3 is 0 Å². The van der Waals surface area contributed by atoms with Crippen LogP contribution in [0.5, 0.6) is 0 Å². The number of ketones is 1. The van der Waals surface area contributed by atoms with Crippen LogP contribution in [-0.2, 0) is 12.8 Å². The molecule has 80 valence electrons. The molecule has 0 spiro atoms. The zero-order valence-electron chi connectivity index (χ0n) is 8.50. The molecule has 1 heterocycles. The summed E-state index contributed by atoms with van der Waals surface area (Å²) in [7, 11) is 0. The Balaban J connectivity index is 2.20. The van der Waals surface area contributed by atoms with E-state index in [1.54, 1.807) is 17.4 Å². The standard InChI is InChI=1S/C13H9ClOS/c14-9-2-3-10-8(7-9)1-4-12-11(13(10)15)5-6-16-12/h2-3,5-7H,1,4H2. The molecule has 3 rings (SSSR count). The monoisotopic (exact) mass is 248 g/mol. The molecule has 0 bridgehead atoms. The van der Waals surface area contributed by atoms with Gasteiger partial charge in [-0.05, 0) is 48.1 Å². The molecule has 16 heavy (non-hydrogen) atoms. The van der Waals surface area contributed by atoms with E-state index in [9.17, 15) is 4.79 Å². The third-order valence-electron chi connectivity index (χ3n) is 2.92. The van der Waals surface area contributed by atoms with Crippen molar-refractivity contribution in [2.24, 2.45) is 0 Å². The molecule has 0 unspecified atom stereocenters. The second-order valence-corrected chi connectivity index (χ2v) is 5.33. The fourth-order valence-electron chi connectivity index (χ4n) is 2.12. The summed E-state index contributed by atoms with van der Waals surface area (Å²) in [5.74, 6) is 0.139. The van der Waals surface area contributed by atoms with Crippen LogP contribution in [0, 0.1) is 0 Å². The van der Waals surface area contributed by atoms with E-state index in [2.05, 4.69) is 0 Å². The molecule has 0 saturated carbocycles. The molecule has 3 heteroatoms. The molecule has 2 aromatic rings. The van der Waals surface area contributed by atoms with Crippen molar-refractivity contribution in [1.82, 2.24) is 0 Å². The number of hydrogen-bond acceptors (Lipinski definition) is 2. The lowest BCUT2D eigenvalue weighted by Crippen LogP contribution is -2.02. The van der Waals surface area contributed by atoms with Crippen molar-refractivity contribution < 1.29 is 4.79 Å². The van der Waals surface area contributed by atoms with Crippen molar-refractivity contribution in [2.75, 3.05) is 0 Å². The molecule has 0 atom stereocenters. The summed E-state index contributed by atoms with van der Waals surface area (Å²) < 4.78 is 0. The Hall–Kier alpha value is -1.12. The third-order valence-corrected chi connectivity index (χ3v) is 4.14. The minimum atomic E-state index is 0.139. The molecule has 0 N–H and O–H groups in total. The van der Waals surface area contributed by atoms with Crippen molar-refractivity contribution in [3.8, 4) is 0 Å². The van der Waals surface area contributed by atoms with Crippen LogP contribution in [0.25, 0.3) is 0 Å². The Morgan fingerprint density at radius 3 is 2.88 bits per heavy atom. The average Bonchev–Trinajstić information content (AvgIpc) is 2.69. The number of fused-ring (bicyclic) bond motifs is 2. The number of thiophene rings is 1. The van der Waals surface area contributed by atoms with Crippen LogP contribution in [-0.4, -0.2) is 5.78 Å². The second-order valence-electron chi connectivity index (χ2n) is 3.89. The Labute approximate surface area is 103 Å². The van der Waals surface area contributed by atoms with E-state index >= 15 is 0 Å². The van der Waals surface area contributed by atoms with Crippen LogP contribution in [0.1, 0.15) is 26.4 Å². The molecule has 0 fully saturated rings. The number of hydrogen-bond donors (Lipinski definition) is 0. The van der Waals surface area contributed by atoms with Gasteiger partial charge in [0.2, 0.25) is 0 Å². The van der Waals surface area contributed by atoms with E-state index in [4.69, 9.17) is 11.6 Å². The van der Waals surface area contributed by atoms with E-state index in [0.29, 0.717) is 5.02 Å². The SMILES string of the molecule is O=C1c2ccc(Cl)cc2CCc2sccc21. The van der Waals surface area contributed by atoms with Gasteiger partial charge in [-0.1, -0.05) is 11.6 Å². The summed E-state index contributed by atoms with van der Waals surface area (Å²) in [5.41, 5.74) is 2.74. The first-order valence-electron chi connectivity index (χ1n) is 5.15. The molecule has 1 aromatic heterocycles. The zero-order valence-corrected chi connectivity index (χ0v) is 10.1. The molecule has 1 nitrogen and oxygen atoms in total. The van der Waals surface area contributed by atoms with Crippen LogP contribution in [0.3, 0.4) is 0 Å². The van der Waals surface area contributed by atoms with Gasteiger partial charge in [0.05, 0.1) is 0 Å². The predicted molar refractivity (Wildman–Crippen MR) is 66.6 cm³/mol. The van der Waals surface area contributed by atoms with Crippen molar-refractivity contribution in [3.05, 3.63) is 56.2 Å². The quantitative estimate of drug-likeness (QED) is 0.694. The van der Waals surface area contributed by atoms with Gasteiger partial charge in [-0.15, -0.1) is 11.3 Å². The summed E-state index contributed by atoms with van der Waals surface area (Å²) in [4.78, 5) is 13.5. The number of carbonyl (C=O) groups is 1. The van der Waals surface area contributed by atoms with Gasteiger partial charge in [0.1, 0.15) is 0 Å². The van der Waals surface area contributed by atoms with E-state index in [1.165, 1.54) is 4.88 Å². The smallest absolute Gasteiger partial charge is 0.194 e. The Bertz CT molecular complexity index is 571.